The van der Waals surface area contributed by atoms with Gasteiger partial charge in [0.05, 0.1) is 0 Å². The highest BCUT2D eigenvalue weighted by Crippen LogP contribution is 2.09. The third-order valence-corrected chi connectivity index (χ3v) is 2.89. The molecule has 3 heteroatoms. The Kier molecular flexibility index (Phi) is 11.3. The highest BCUT2D eigenvalue weighted by Gasteiger charge is 2.18. The van der Waals surface area contributed by atoms with Gasteiger partial charge < -0.3 is 15.5 Å². The zero-order valence-corrected chi connectivity index (χ0v) is 11.7. The number of rotatable bonds is 2. The van der Waals surface area contributed by atoms with Crippen LogP contribution < -0.4 is 10.6 Å². The molecule has 2 aliphatic heterocycles. The minimum absolute atomic E-state index is 0.920. The molecule has 98 valence electrons. The Morgan fingerprint density at radius 3 is 2.06 bits per heavy atom. The number of nitrogens with zero attached hydrogens (tertiary/aromatic N) is 1. The van der Waals surface area contributed by atoms with E-state index in [9.17, 15) is 0 Å². The summed E-state index contributed by atoms with van der Waals surface area (Å²) >= 11 is 0. The van der Waals surface area contributed by atoms with Gasteiger partial charge in [0.25, 0.3) is 0 Å². The number of hydrogen-bond donors (Lipinski definition) is 2. The van der Waals surface area contributed by atoms with E-state index in [0.717, 1.165) is 5.92 Å². The Balaban J connectivity index is 0.000000509. The monoisotopic (exact) mass is 229 g/mol. The fourth-order valence-electron chi connectivity index (χ4n) is 2.13. The van der Waals surface area contributed by atoms with Crippen LogP contribution in [0.15, 0.2) is 0 Å². The first kappa shape index (κ1) is 15.9. The second-order valence-corrected chi connectivity index (χ2v) is 3.91. The molecule has 2 fully saturated rings. The maximum absolute atomic E-state index is 3.42. The molecule has 0 aromatic carbocycles. The Morgan fingerprint density at radius 1 is 0.938 bits per heavy atom. The zero-order chi connectivity index (χ0) is 12.2. The summed E-state index contributed by atoms with van der Waals surface area (Å²) in [6.45, 7) is 16.6. The van der Waals surface area contributed by atoms with Crippen LogP contribution in [0.5, 0.6) is 0 Å². The minimum atomic E-state index is 0.920. The van der Waals surface area contributed by atoms with E-state index in [0.29, 0.717) is 0 Å². The average molecular weight is 229 g/mol. The summed E-state index contributed by atoms with van der Waals surface area (Å²) in [6, 6.07) is 0. The quantitative estimate of drug-likeness (QED) is 0.752. The predicted molar refractivity (Wildman–Crippen MR) is 73.0 cm³/mol. The Bertz CT molecular complexity index is 127. The van der Waals surface area contributed by atoms with E-state index in [1.54, 1.807) is 0 Å². The van der Waals surface area contributed by atoms with Crippen LogP contribution in [0.25, 0.3) is 0 Å². The summed E-state index contributed by atoms with van der Waals surface area (Å²) in [7, 11) is 0. The first-order valence-electron chi connectivity index (χ1n) is 7.09. The maximum atomic E-state index is 3.42. The highest BCUT2D eigenvalue weighted by atomic mass is 15.2. The molecular weight excluding hydrogens is 198 g/mol. The minimum Gasteiger partial charge on any atom is -0.316 e. The molecular formula is C13H31N3. The summed E-state index contributed by atoms with van der Waals surface area (Å²) in [6.07, 6.45) is 1.38. The van der Waals surface area contributed by atoms with Crippen LogP contribution >= 0.6 is 0 Å². The van der Waals surface area contributed by atoms with Crippen LogP contribution in [0.1, 0.15) is 34.1 Å². The van der Waals surface area contributed by atoms with Gasteiger partial charge in [-0.05, 0) is 25.4 Å². The van der Waals surface area contributed by atoms with Crippen molar-refractivity contribution in [1.82, 2.24) is 15.5 Å². The molecule has 0 aromatic rings. The average Bonchev–Trinajstić information content (AvgIpc) is 2.88. The standard InChI is InChI=1S/C9H19N3.2C2H6/c1-2-11-7-9(1)8-12-5-3-10-4-6-12;2*1-2/h9-11H,1-8H2;2*1-2H3/t9-;;/m1../s1. The van der Waals surface area contributed by atoms with Crippen molar-refractivity contribution >= 4 is 0 Å². The predicted octanol–water partition coefficient (Wildman–Crippen LogP) is 1.55. The topological polar surface area (TPSA) is 27.3 Å². The lowest BCUT2D eigenvalue weighted by Gasteiger charge is -2.29. The molecule has 2 heterocycles. The molecule has 0 bridgehead atoms. The van der Waals surface area contributed by atoms with E-state index in [-0.39, 0.29) is 0 Å². The highest BCUT2D eigenvalue weighted by molar-refractivity contribution is 4.77. The van der Waals surface area contributed by atoms with Crippen molar-refractivity contribution < 1.29 is 0 Å². The van der Waals surface area contributed by atoms with Gasteiger partial charge in [0, 0.05) is 32.7 Å². The van der Waals surface area contributed by atoms with Crippen LogP contribution in [-0.2, 0) is 0 Å². The van der Waals surface area contributed by atoms with Gasteiger partial charge in [0.15, 0.2) is 0 Å². The van der Waals surface area contributed by atoms with E-state index >= 15 is 0 Å². The molecule has 0 amide bonds. The van der Waals surface area contributed by atoms with E-state index in [4.69, 9.17) is 0 Å². The van der Waals surface area contributed by atoms with Gasteiger partial charge in [-0.3, -0.25) is 0 Å². The van der Waals surface area contributed by atoms with Crippen LogP contribution in [0.3, 0.4) is 0 Å². The summed E-state index contributed by atoms with van der Waals surface area (Å²) in [4.78, 5) is 2.59. The molecule has 0 spiro atoms. The van der Waals surface area contributed by atoms with Gasteiger partial charge in [0.2, 0.25) is 0 Å². The van der Waals surface area contributed by atoms with E-state index in [1.165, 1.54) is 52.2 Å². The van der Waals surface area contributed by atoms with Crippen LogP contribution in [-0.4, -0.2) is 50.7 Å². The molecule has 0 unspecified atom stereocenters. The molecule has 1 atom stereocenters. The van der Waals surface area contributed by atoms with E-state index < -0.39 is 0 Å². The molecule has 2 rings (SSSR count). The molecule has 0 aromatic heterocycles. The van der Waals surface area contributed by atoms with Gasteiger partial charge in [-0.2, -0.15) is 0 Å². The van der Waals surface area contributed by atoms with Gasteiger partial charge in [0.1, 0.15) is 0 Å². The van der Waals surface area contributed by atoms with Gasteiger partial charge in [-0.25, -0.2) is 0 Å². The molecule has 16 heavy (non-hydrogen) atoms. The summed E-state index contributed by atoms with van der Waals surface area (Å²) < 4.78 is 0. The molecule has 0 aliphatic carbocycles. The lowest BCUT2D eigenvalue weighted by Crippen LogP contribution is -2.45. The molecule has 2 aliphatic rings. The normalized spacial score (nSPS) is 25.1. The SMILES string of the molecule is C1CN(C[C@@H]2CCNC2)CCN1.CC.CC. The van der Waals surface area contributed by atoms with Crippen molar-refractivity contribution in [3.05, 3.63) is 0 Å². The van der Waals surface area contributed by atoms with Crippen molar-refractivity contribution in [2.75, 3.05) is 45.8 Å². The zero-order valence-electron chi connectivity index (χ0n) is 11.7. The smallest absolute Gasteiger partial charge is 0.0107 e. The van der Waals surface area contributed by atoms with Gasteiger partial charge in [-0.15, -0.1) is 0 Å². The summed E-state index contributed by atoms with van der Waals surface area (Å²) in [5.74, 6) is 0.920. The van der Waals surface area contributed by atoms with Crippen molar-refractivity contribution in [2.45, 2.75) is 34.1 Å². The molecule has 3 nitrogen and oxygen atoms in total. The fraction of sp³-hybridized carbons (Fsp3) is 1.00. The van der Waals surface area contributed by atoms with Gasteiger partial charge in [-0.1, -0.05) is 27.7 Å². The van der Waals surface area contributed by atoms with Crippen LogP contribution in [0, 0.1) is 5.92 Å². The van der Waals surface area contributed by atoms with E-state index in [2.05, 4.69) is 15.5 Å². The maximum Gasteiger partial charge on any atom is 0.0107 e. The lowest BCUT2D eigenvalue weighted by molar-refractivity contribution is 0.211. The second-order valence-electron chi connectivity index (χ2n) is 3.91. The first-order chi connectivity index (χ1) is 7.95. The van der Waals surface area contributed by atoms with E-state index in [1.807, 2.05) is 27.7 Å². The van der Waals surface area contributed by atoms with Crippen molar-refractivity contribution in [1.29, 1.82) is 0 Å². The van der Waals surface area contributed by atoms with Gasteiger partial charge >= 0.3 is 0 Å². The van der Waals surface area contributed by atoms with Crippen molar-refractivity contribution in [2.24, 2.45) is 5.92 Å². The van der Waals surface area contributed by atoms with Crippen molar-refractivity contribution in [3.8, 4) is 0 Å². The third kappa shape index (κ3) is 6.46. The van der Waals surface area contributed by atoms with Crippen LogP contribution in [0.2, 0.25) is 0 Å². The lowest BCUT2D eigenvalue weighted by atomic mass is 10.1. The number of hydrogen-bond acceptors (Lipinski definition) is 3. The summed E-state index contributed by atoms with van der Waals surface area (Å²) in [5, 5.41) is 6.80. The number of piperazine rings is 1. The third-order valence-electron chi connectivity index (χ3n) is 2.89. The van der Waals surface area contributed by atoms with Crippen molar-refractivity contribution in [3.63, 3.8) is 0 Å². The molecule has 2 N–H and O–H groups in total. The molecule has 0 radical (unpaired) electrons. The van der Waals surface area contributed by atoms with Crippen LogP contribution in [0.4, 0.5) is 0 Å². The second kappa shape index (κ2) is 11.4. The Morgan fingerprint density at radius 2 is 1.56 bits per heavy atom. The fourth-order valence-corrected chi connectivity index (χ4v) is 2.13. The number of nitrogens with one attached hydrogen (secondary N) is 2. The molecule has 2 saturated heterocycles. The first-order valence-corrected chi connectivity index (χ1v) is 7.09. The Labute approximate surface area is 102 Å². The summed E-state index contributed by atoms with van der Waals surface area (Å²) in [5.41, 5.74) is 0. The Hall–Kier alpha value is -0.120. The molecule has 0 saturated carbocycles. The largest absolute Gasteiger partial charge is 0.316 e.